The van der Waals surface area contributed by atoms with E-state index in [1.165, 1.54) is 6.07 Å². The number of nitrogens with one attached hydrogen (secondary N) is 3. The lowest BCUT2D eigenvalue weighted by molar-refractivity contribution is -0.143. The average Bonchev–Trinajstić information content (AvgIpc) is 2.89. The molecule has 0 spiro atoms. The first-order valence-corrected chi connectivity index (χ1v) is 11.6. The third kappa shape index (κ3) is 6.70. The van der Waals surface area contributed by atoms with Gasteiger partial charge in [-0.2, -0.15) is 0 Å². The summed E-state index contributed by atoms with van der Waals surface area (Å²) >= 11 is 0. The van der Waals surface area contributed by atoms with Crippen molar-refractivity contribution in [3.63, 3.8) is 0 Å². The fourth-order valence-electron chi connectivity index (χ4n) is 3.88. The number of amides is 3. The van der Waals surface area contributed by atoms with Crippen molar-refractivity contribution in [3.8, 4) is 0 Å². The third-order valence-electron chi connectivity index (χ3n) is 5.83. The van der Waals surface area contributed by atoms with Gasteiger partial charge in [-0.3, -0.25) is 19.2 Å². The molecule has 0 aliphatic rings. The van der Waals surface area contributed by atoms with Crippen molar-refractivity contribution in [2.24, 2.45) is 5.73 Å². The van der Waals surface area contributed by atoms with E-state index in [9.17, 15) is 33.9 Å². The summed E-state index contributed by atoms with van der Waals surface area (Å²) in [5.74, 6) is -4.20. The fourth-order valence-corrected chi connectivity index (χ4v) is 3.88. The van der Waals surface area contributed by atoms with Crippen molar-refractivity contribution in [1.29, 1.82) is 0 Å². The summed E-state index contributed by atoms with van der Waals surface area (Å²) in [7, 11) is 0. The van der Waals surface area contributed by atoms with Crippen molar-refractivity contribution in [3.05, 3.63) is 81.0 Å². The third-order valence-corrected chi connectivity index (χ3v) is 5.83. The van der Waals surface area contributed by atoms with Crippen LogP contribution in [0.3, 0.4) is 0 Å². The minimum absolute atomic E-state index is 0.105. The second-order valence-electron chi connectivity index (χ2n) is 8.50. The zero-order chi connectivity index (χ0) is 27.8. The summed E-state index contributed by atoms with van der Waals surface area (Å²) in [5.41, 5.74) is 4.49. The Bertz CT molecular complexity index is 1450. The maximum absolute atomic E-state index is 13.6. The van der Waals surface area contributed by atoms with Crippen molar-refractivity contribution in [2.45, 2.75) is 37.4 Å². The molecule has 3 unspecified atom stereocenters. The normalized spacial score (nSPS) is 13.3. The van der Waals surface area contributed by atoms with Gasteiger partial charge in [-0.15, -0.1) is 0 Å². The number of fused-ring (bicyclic) bond motifs is 1. The number of rotatable bonds is 12. The van der Waals surface area contributed by atoms with Gasteiger partial charge in [-0.25, -0.2) is 14.2 Å². The number of carboxylic acid groups (broad SMARTS) is 1. The first kappa shape index (κ1) is 27.8. The number of aliphatic hydroxyl groups is 1. The highest BCUT2D eigenvalue weighted by Gasteiger charge is 2.31. The molecule has 3 amide bonds. The van der Waals surface area contributed by atoms with Crippen LogP contribution in [-0.4, -0.2) is 62.1 Å². The van der Waals surface area contributed by atoms with Gasteiger partial charge in [0.2, 0.25) is 17.7 Å². The average molecular weight is 526 g/mol. The number of primary amides is 1. The predicted molar refractivity (Wildman–Crippen MR) is 135 cm³/mol. The second-order valence-corrected chi connectivity index (χ2v) is 8.50. The molecule has 0 radical (unpaired) electrons. The molecule has 2 aromatic carbocycles. The Kier molecular flexibility index (Phi) is 9.11. The Morgan fingerprint density at radius 2 is 1.55 bits per heavy atom. The monoisotopic (exact) mass is 525 g/mol. The van der Waals surface area contributed by atoms with E-state index in [1.807, 2.05) is 0 Å². The van der Waals surface area contributed by atoms with E-state index in [-0.39, 0.29) is 30.2 Å². The number of aromatic amines is 1. The van der Waals surface area contributed by atoms with Crippen LogP contribution < -0.4 is 27.6 Å². The van der Waals surface area contributed by atoms with Crippen LogP contribution >= 0.6 is 0 Å². The smallest absolute Gasteiger partial charge is 0.329 e. The minimum Gasteiger partial charge on any atom is -0.480 e. The lowest BCUT2D eigenvalue weighted by Gasteiger charge is -2.24. The molecule has 1 aromatic heterocycles. The largest absolute Gasteiger partial charge is 0.480 e. The van der Waals surface area contributed by atoms with Gasteiger partial charge < -0.3 is 31.6 Å². The molecule has 0 aliphatic carbocycles. The molecule has 0 fully saturated rings. The molecule has 0 aliphatic heterocycles. The Hall–Kier alpha value is -4.78. The van der Waals surface area contributed by atoms with Crippen molar-refractivity contribution in [1.82, 2.24) is 20.2 Å². The molecule has 13 nitrogen and oxygen atoms in total. The number of benzene rings is 2. The van der Waals surface area contributed by atoms with E-state index < -0.39 is 59.7 Å². The van der Waals surface area contributed by atoms with Crippen LogP contribution in [0.25, 0.3) is 10.9 Å². The van der Waals surface area contributed by atoms with Gasteiger partial charge in [-0.1, -0.05) is 42.5 Å². The van der Waals surface area contributed by atoms with Crippen LogP contribution in [0.1, 0.15) is 24.4 Å². The summed E-state index contributed by atoms with van der Waals surface area (Å²) in [4.78, 5) is 77.8. The molecule has 13 heteroatoms. The van der Waals surface area contributed by atoms with Gasteiger partial charge in [0, 0.05) is 12.8 Å². The molecular weight excluding hydrogens is 498 g/mol. The van der Waals surface area contributed by atoms with Gasteiger partial charge in [0.15, 0.2) is 0 Å². The van der Waals surface area contributed by atoms with Crippen LogP contribution in [0.5, 0.6) is 0 Å². The molecule has 0 saturated heterocycles. The van der Waals surface area contributed by atoms with Crippen LogP contribution in [0.4, 0.5) is 0 Å². The number of carbonyl (C=O) groups is 4. The number of hydrogen-bond donors (Lipinski definition) is 6. The quantitative estimate of drug-likeness (QED) is 0.168. The van der Waals surface area contributed by atoms with Crippen molar-refractivity contribution < 1.29 is 29.4 Å². The summed E-state index contributed by atoms with van der Waals surface area (Å²) < 4.78 is 0.751. The van der Waals surface area contributed by atoms with Gasteiger partial charge >= 0.3 is 11.7 Å². The summed E-state index contributed by atoms with van der Waals surface area (Å²) in [6.45, 7) is -0.921. The number of carboxylic acids is 1. The molecule has 3 rings (SSSR count). The molecule has 200 valence electrons. The standard InChI is InChI=1S/C25H27N5O8/c26-20(32)11-10-17(21(33)28-18(13-31)24(36)37)27-22(34)19(12-14-6-2-1-3-7-14)30-23(35)15-8-4-5-9-16(15)29-25(30)38/h1-9,17-19,31H,10-13H2,(H2,26,32)(H,27,34)(H,28,33)(H,29,38)(H,36,37). The number of H-pyrrole nitrogens is 1. The molecule has 3 atom stereocenters. The van der Waals surface area contributed by atoms with Gasteiger partial charge in [-0.05, 0) is 24.1 Å². The SMILES string of the molecule is NC(=O)CCC(NC(=O)C(Cc1ccccc1)n1c(=O)[nH]c2ccccc2c1=O)C(=O)NC(CO)C(=O)O. The van der Waals surface area contributed by atoms with Crippen molar-refractivity contribution in [2.75, 3.05) is 6.61 Å². The molecular formula is C25H27N5O8. The van der Waals surface area contributed by atoms with E-state index in [1.54, 1.807) is 48.5 Å². The Morgan fingerprint density at radius 3 is 2.18 bits per heavy atom. The lowest BCUT2D eigenvalue weighted by Crippen LogP contribution is -2.55. The van der Waals surface area contributed by atoms with E-state index >= 15 is 0 Å². The first-order valence-electron chi connectivity index (χ1n) is 11.6. The Morgan fingerprint density at radius 1 is 0.921 bits per heavy atom. The molecule has 3 aromatic rings. The fraction of sp³-hybridized carbons (Fsp3) is 0.280. The highest BCUT2D eigenvalue weighted by molar-refractivity contribution is 5.92. The molecule has 38 heavy (non-hydrogen) atoms. The summed E-state index contributed by atoms with van der Waals surface area (Å²) in [6.07, 6.45) is -0.743. The number of aromatic nitrogens is 2. The van der Waals surface area contributed by atoms with Crippen LogP contribution in [-0.2, 0) is 25.6 Å². The summed E-state index contributed by atoms with van der Waals surface area (Å²) in [6, 6.07) is 10.3. The van der Waals surface area contributed by atoms with Crippen LogP contribution in [0.15, 0.2) is 64.2 Å². The number of nitrogens with zero attached hydrogens (tertiary/aromatic N) is 1. The van der Waals surface area contributed by atoms with Crippen molar-refractivity contribution >= 4 is 34.6 Å². The van der Waals surface area contributed by atoms with E-state index in [0.29, 0.717) is 5.56 Å². The molecule has 7 N–H and O–H groups in total. The lowest BCUT2D eigenvalue weighted by atomic mass is 10.0. The first-order chi connectivity index (χ1) is 18.1. The molecule has 0 bridgehead atoms. The molecule has 1 heterocycles. The number of aliphatic hydroxyl groups excluding tert-OH is 1. The highest BCUT2D eigenvalue weighted by Crippen LogP contribution is 2.14. The van der Waals surface area contributed by atoms with Gasteiger partial charge in [0.1, 0.15) is 18.1 Å². The Labute approximate surface area is 215 Å². The number of carbonyl (C=O) groups excluding carboxylic acids is 3. The number of hydrogen-bond acceptors (Lipinski definition) is 7. The van der Waals surface area contributed by atoms with E-state index in [4.69, 9.17) is 10.8 Å². The highest BCUT2D eigenvalue weighted by atomic mass is 16.4. The number of nitrogens with two attached hydrogens (primary N) is 1. The number of aliphatic carboxylic acids is 1. The second kappa shape index (κ2) is 12.5. The zero-order valence-electron chi connectivity index (χ0n) is 20.1. The maximum atomic E-state index is 13.6. The zero-order valence-corrected chi connectivity index (χ0v) is 20.1. The topological polar surface area (TPSA) is 214 Å². The van der Waals surface area contributed by atoms with Crippen LogP contribution in [0, 0.1) is 0 Å². The number of para-hydroxylation sites is 1. The van der Waals surface area contributed by atoms with E-state index in [2.05, 4.69) is 15.6 Å². The van der Waals surface area contributed by atoms with Crippen LogP contribution in [0.2, 0.25) is 0 Å². The van der Waals surface area contributed by atoms with Gasteiger partial charge in [0.25, 0.3) is 5.56 Å². The summed E-state index contributed by atoms with van der Waals surface area (Å²) in [5, 5.41) is 23.0. The maximum Gasteiger partial charge on any atom is 0.329 e. The minimum atomic E-state index is -1.67. The molecule has 0 saturated carbocycles. The Balaban J connectivity index is 2.02. The predicted octanol–water partition coefficient (Wildman–Crippen LogP) is -1.21. The van der Waals surface area contributed by atoms with E-state index in [0.717, 1.165) is 4.57 Å². The van der Waals surface area contributed by atoms with Gasteiger partial charge in [0.05, 0.1) is 17.5 Å².